The van der Waals surface area contributed by atoms with Gasteiger partial charge < -0.3 is 13.6 Å². The molecule has 0 atom stereocenters. The molecule has 2 aromatic carbocycles. The first-order valence-corrected chi connectivity index (χ1v) is 12.3. The molecule has 2 heterocycles. The number of ether oxygens (including phenoxy) is 1. The molecule has 0 aliphatic carbocycles. The summed E-state index contributed by atoms with van der Waals surface area (Å²) in [6, 6.07) is 13.5. The molecule has 0 spiro atoms. The first kappa shape index (κ1) is 25.4. The number of carbonyl (C=O) groups excluding carboxylic acids is 1. The van der Waals surface area contributed by atoms with Crippen LogP contribution in [-0.2, 0) is 11.4 Å². The number of aromatic nitrogens is 2. The van der Waals surface area contributed by atoms with E-state index in [0.29, 0.717) is 37.4 Å². The van der Waals surface area contributed by atoms with E-state index in [0.717, 1.165) is 17.3 Å². The van der Waals surface area contributed by atoms with Gasteiger partial charge in [0.15, 0.2) is 6.61 Å². The molecule has 0 unspecified atom stereocenters. The average molecular weight is 572 g/mol. The maximum Gasteiger partial charge on any atom is 0.277 e. The minimum atomic E-state index is -0.369. The smallest absolute Gasteiger partial charge is 0.277 e. The van der Waals surface area contributed by atoms with Crippen LogP contribution in [0.1, 0.15) is 11.7 Å². The standard InChI is InChI=1S/C22H14Cl4N4O4S/c23-13-2-5-19(17(26)8-13)32-10-21-29-30-22(34-21)35-11-20(31)28-27-9-14-3-6-18(33-14)12-1-4-15(24)16(25)7-12/h1-9H,10-11H2,(H,28,31)/b27-9-. The highest BCUT2D eigenvalue weighted by Crippen LogP contribution is 2.30. The maximum atomic E-state index is 12.0. The lowest BCUT2D eigenvalue weighted by Crippen LogP contribution is -2.19. The monoisotopic (exact) mass is 570 g/mol. The van der Waals surface area contributed by atoms with Gasteiger partial charge in [-0.25, -0.2) is 5.43 Å². The van der Waals surface area contributed by atoms with Crippen molar-refractivity contribution < 1.29 is 18.4 Å². The van der Waals surface area contributed by atoms with E-state index in [4.69, 9.17) is 60.0 Å². The van der Waals surface area contributed by atoms with Gasteiger partial charge in [-0.05, 0) is 48.5 Å². The third-order valence-electron chi connectivity index (χ3n) is 4.23. The molecule has 4 aromatic rings. The lowest BCUT2D eigenvalue weighted by molar-refractivity contribution is -0.118. The summed E-state index contributed by atoms with van der Waals surface area (Å²) in [7, 11) is 0. The molecule has 0 radical (unpaired) electrons. The molecular weight excluding hydrogens is 558 g/mol. The Morgan fingerprint density at radius 2 is 1.86 bits per heavy atom. The normalized spacial score (nSPS) is 11.2. The number of hydrogen-bond acceptors (Lipinski definition) is 8. The van der Waals surface area contributed by atoms with Gasteiger partial charge in [0.25, 0.3) is 17.0 Å². The van der Waals surface area contributed by atoms with E-state index in [9.17, 15) is 4.79 Å². The molecule has 0 saturated carbocycles. The van der Waals surface area contributed by atoms with Crippen molar-refractivity contribution in [2.45, 2.75) is 11.8 Å². The number of furan rings is 1. The van der Waals surface area contributed by atoms with Crippen LogP contribution in [0.5, 0.6) is 5.75 Å². The third-order valence-corrected chi connectivity index (χ3v) is 6.32. The Morgan fingerprint density at radius 3 is 2.66 bits per heavy atom. The summed E-state index contributed by atoms with van der Waals surface area (Å²) < 4.78 is 16.7. The highest BCUT2D eigenvalue weighted by molar-refractivity contribution is 7.99. The topological polar surface area (TPSA) is 103 Å². The fourth-order valence-corrected chi connectivity index (χ4v) is 3.97. The van der Waals surface area contributed by atoms with Gasteiger partial charge in [-0.2, -0.15) is 5.10 Å². The highest BCUT2D eigenvalue weighted by atomic mass is 35.5. The molecule has 0 bridgehead atoms. The van der Waals surface area contributed by atoms with Gasteiger partial charge in [0.1, 0.15) is 17.3 Å². The van der Waals surface area contributed by atoms with Gasteiger partial charge in [0, 0.05) is 10.6 Å². The van der Waals surface area contributed by atoms with E-state index < -0.39 is 0 Å². The highest BCUT2D eigenvalue weighted by Gasteiger charge is 2.11. The Labute approximate surface area is 223 Å². The van der Waals surface area contributed by atoms with Crippen molar-refractivity contribution in [3.63, 3.8) is 0 Å². The predicted octanol–water partition coefficient (Wildman–Crippen LogP) is 6.76. The van der Waals surface area contributed by atoms with Gasteiger partial charge >= 0.3 is 0 Å². The number of carbonyl (C=O) groups is 1. The lowest BCUT2D eigenvalue weighted by Gasteiger charge is -2.05. The first-order chi connectivity index (χ1) is 16.9. The van der Waals surface area contributed by atoms with Crippen molar-refractivity contribution in [2.24, 2.45) is 5.10 Å². The minimum absolute atomic E-state index is 0.00945. The molecule has 8 nitrogen and oxygen atoms in total. The second-order valence-corrected chi connectivity index (χ2v) is 9.32. The Bertz CT molecular complexity index is 1380. The molecule has 2 aromatic heterocycles. The zero-order chi connectivity index (χ0) is 24.8. The van der Waals surface area contributed by atoms with E-state index in [1.165, 1.54) is 6.21 Å². The Kier molecular flexibility index (Phi) is 8.59. The van der Waals surface area contributed by atoms with Gasteiger partial charge in [-0.1, -0.05) is 58.2 Å². The van der Waals surface area contributed by atoms with Crippen LogP contribution in [0.4, 0.5) is 0 Å². The van der Waals surface area contributed by atoms with Crippen LogP contribution >= 0.6 is 58.2 Å². The average Bonchev–Trinajstić information content (AvgIpc) is 3.49. The van der Waals surface area contributed by atoms with Crippen molar-refractivity contribution in [3.8, 4) is 17.1 Å². The summed E-state index contributed by atoms with van der Waals surface area (Å²) >= 11 is 24.9. The molecular formula is C22H14Cl4N4O4S. The second kappa shape index (κ2) is 11.8. The number of rotatable bonds is 9. The number of benzene rings is 2. The zero-order valence-corrected chi connectivity index (χ0v) is 21.3. The number of nitrogens with one attached hydrogen (secondary N) is 1. The molecule has 0 aliphatic rings. The van der Waals surface area contributed by atoms with Crippen molar-refractivity contribution in [1.29, 1.82) is 0 Å². The zero-order valence-electron chi connectivity index (χ0n) is 17.5. The van der Waals surface area contributed by atoms with Crippen LogP contribution in [0.15, 0.2) is 67.7 Å². The van der Waals surface area contributed by atoms with Crippen LogP contribution in [-0.4, -0.2) is 28.1 Å². The van der Waals surface area contributed by atoms with Crippen molar-refractivity contribution in [2.75, 3.05) is 5.75 Å². The van der Waals surface area contributed by atoms with Crippen LogP contribution in [0.3, 0.4) is 0 Å². The minimum Gasteiger partial charge on any atom is -0.482 e. The molecule has 0 saturated heterocycles. The fourth-order valence-electron chi connectivity index (χ4n) is 2.64. The summed E-state index contributed by atoms with van der Waals surface area (Å²) in [4.78, 5) is 12.0. The van der Waals surface area contributed by atoms with E-state index in [1.54, 1.807) is 48.5 Å². The fraction of sp³-hybridized carbons (Fsp3) is 0.0909. The molecule has 1 N–H and O–H groups in total. The number of nitrogens with zero attached hydrogens (tertiary/aromatic N) is 3. The van der Waals surface area contributed by atoms with Crippen molar-refractivity contribution >= 4 is 70.3 Å². The van der Waals surface area contributed by atoms with Crippen LogP contribution in [0, 0.1) is 0 Å². The quantitative estimate of drug-likeness (QED) is 0.134. The first-order valence-electron chi connectivity index (χ1n) is 9.77. The van der Waals surface area contributed by atoms with E-state index >= 15 is 0 Å². The van der Waals surface area contributed by atoms with Gasteiger partial charge in [0.05, 0.1) is 27.0 Å². The lowest BCUT2D eigenvalue weighted by atomic mass is 10.2. The number of hydrogen-bond donors (Lipinski definition) is 1. The maximum absolute atomic E-state index is 12.0. The number of hydrazone groups is 1. The van der Waals surface area contributed by atoms with Gasteiger partial charge in [-0.3, -0.25) is 4.79 Å². The van der Waals surface area contributed by atoms with E-state index in [2.05, 4.69) is 20.7 Å². The Morgan fingerprint density at radius 1 is 1.00 bits per heavy atom. The van der Waals surface area contributed by atoms with Crippen LogP contribution < -0.4 is 10.2 Å². The molecule has 13 heteroatoms. The molecule has 4 rings (SSSR count). The molecule has 0 fully saturated rings. The van der Waals surface area contributed by atoms with E-state index in [-0.39, 0.29) is 29.4 Å². The Balaban J connectivity index is 1.22. The summed E-state index contributed by atoms with van der Waals surface area (Å²) in [6.45, 7) is 0.0127. The van der Waals surface area contributed by atoms with Gasteiger partial charge in [0.2, 0.25) is 0 Å². The van der Waals surface area contributed by atoms with Crippen molar-refractivity contribution in [1.82, 2.24) is 15.6 Å². The van der Waals surface area contributed by atoms with Crippen LogP contribution in [0.25, 0.3) is 11.3 Å². The predicted molar refractivity (Wildman–Crippen MR) is 136 cm³/mol. The third kappa shape index (κ3) is 7.16. The van der Waals surface area contributed by atoms with Gasteiger partial charge in [-0.15, -0.1) is 10.2 Å². The molecule has 35 heavy (non-hydrogen) atoms. The SMILES string of the molecule is O=C(CSc1nnc(COc2ccc(Cl)cc2Cl)o1)N/N=C\c1ccc(-c2ccc(Cl)c(Cl)c2)o1. The second-order valence-electron chi connectivity index (χ2n) is 6.74. The van der Waals surface area contributed by atoms with Crippen molar-refractivity contribution in [3.05, 3.63) is 80.3 Å². The summed E-state index contributed by atoms with van der Waals surface area (Å²) in [5.74, 6) is 1.33. The van der Waals surface area contributed by atoms with E-state index in [1.807, 2.05) is 0 Å². The molecule has 180 valence electrons. The number of halogens is 4. The van der Waals surface area contributed by atoms with Crippen LogP contribution in [0.2, 0.25) is 20.1 Å². The summed E-state index contributed by atoms with van der Waals surface area (Å²) in [5.41, 5.74) is 3.17. The number of thioether (sulfide) groups is 1. The Hall–Kier alpha value is -2.69. The molecule has 1 amide bonds. The number of amides is 1. The largest absolute Gasteiger partial charge is 0.482 e. The summed E-state index contributed by atoms with van der Waals surface area (Å²) in [6.07, 6.45) is 1.38. The summed E-state index contributed by atoms with van der Waals surface area (Å²) in [5, 5.41) is 13.6. The molecule has 0 aliphatic heterocycles.